The maximum absolute atomic E-state index is 12.2. The summed E-state index contributed by atoms with van der Waals surface area (Å²) in [7, 11) is 0. The first-order valence-electron chi connectivity index (χ1n) is 5.85. The molecular formula is C12H15ClN2O4. The number of benzene rings is 1. The van der Waals surface area contributed by atoms with Gasteiger partial charge in [-0.05, 0) is 18.6 Å². The lowest BCUT2D eigenvalue weighted by Gasteiger charge is -2.21. The molecule has 0 aliphatic rings. The summed E-state index contributed by atoms with van der Waals surface area (Å²) < 4.78 is 0. The number of carbonyl (C=O) groups is 1. The van der Waals surface area contributed by atoms with Gasteiger partial charge < -0.3 is 10.0 Å². The molecule has 19 heavy (non-hydrogen) atoms. The van der Waals surface area contributed by atoms with Crippen LogP contribution in [0.3, 0.4) is 0 Å². The van der Waals surface area contributed by atoms with Gasteiger partial charge in [0.25, 0.3) is 11.6 Å². The number of aliphatic hydroxyl groups is 1. The molecule has 0 bridgehead atoms. The number of hydrogen-bond acceptors (Lipinski definition) is 4. The number of amides is 1. The molecule has 1 amide bonds. The minimum absolute atomic E-state index is 0.00857. The van der Waals surface area contributed by atoms with Crippen molar-refractivity contribution >= 4 is 23.2 Å². The Bertz CT molecular complexity index is 473. The number of carbonyl (C=O) groups excluding carboxylic acids is 1. The van der Waals surface area contributed by atoms with Gasteiger partial charge in [0.15, 0.2) is 0 Å². The number of halogens is 1. The van der Waals surface area contributed by atoms with Crippen LogP contribution in [0.4, 0.5) is 5.69 Å². The van der Waals surface area contributed by atoms with Gasteiger partial charge in [-0.3, -0.25) is 14.9 Å². The number of aliphatic hydroxyl groups excluding tert-OH is 1. The largest absolute Gasteiger partial charge is 0.395 e. The van der Waals surface area contributed by atoms with Crippen LogP contribution in [0.5, 0.6) is 0 Å². The molecule has 0 spiro atoms. The van der Waals surface area contributed by atoms with Crippen molar-refractivity contribution < 1.29 is 14.8 Å². The van der Waals surface area contributed by atoms with E-state index >= 15 is 0 Å². The van der Waals surface area contributed by atoms with Crippen molar-refractivity contribution in [2.24, 2.45) is 0 Å². The van der Waals surface area contributed by atoms with Crippen LogP contribution in [0.1, 0.15) is 23.7 Å². The molecule has 0 fully saturated rings. The van der Waals surface area contributed by atoms with E-state index in [0.29, 0.717) is 6.54 Å². The van der Waals surface area contributed by atoms with E-state index in [4.69, 9.17) is 16.7 Å². The Morgan fingerprint density at radius 1 is 1.47 bits per heavy atom. The Balaban J connectivity index is 3.04. The summed E-state index contributed by atoms with van der Waals surface area (Å²) in [6.07, 6.45) is 0.738. The fraction of sp³-hybridized carbons (Fsp3) is 0.417. The number of hydrogen-bond donors (Lipinski definition) is 1. The summed E-state index contributed by atoms with van der Waals surface area (Å²) in [6.45, 7) is 2.43. The normalized spacial score (nSPS) is 10.3. The first-order chi connectivity index (χ1) is 9.01. The van der Waals surface area contributed by atoms with Gasteiger partial charge in [0.05, 0.1) is 11.5 Å². The van der Waals surface area contributed by atoms with Gasteiger partial charge in [0.2, 0.25) is 0 Å². The Hall–Kier alpha value is -1.66. The zero-order chi connectivity index (χ0) is 14.4. The summed E-state index contributed by atoms with van der Waals surface area (Å²) in [5.41, 5.74) is -0.106. The molecule has 0 radical (unpaired) electrons. The molecule has 0 atom stereocenters. The average molecular weight is 287 g/mol. The highest BCUT2D eigenvalue weighted by atomic mass is 35.5. The number of nitro groups is 1. The van der Waals surface area contributed by atoms with Gasteiger partial charge in [-0.15, -0.1) is 0 Å². The van der Waals surface area contributed by atoms with Crippen molar-refractivity contribution in [3.8, 4) is 0 Å². The topological polar surface area (TPSA) is 83.7 Å². The van der Waals surface area contributed by atoms with E-state index in [0.717, 1.165) is 12.5 Å². The Kier molecular flexibility index (Phi) is 5.72. The van der Waals surface area contributed by atoms with Gasteiger partial charge in [0.1, 0.15) is 5.02 Å². The standard InChI is InChI=1S/C12H15ClN2O4/c1-2-5-14(6-7-16)12(17)9-3-4-10(13)11(8-9)15(18)19/h3-4,8,16H,2,5-7H2,1H3. The zero-order valence-electron chi connectivity index (χ0n) is 10.5. The van der Waals surface area contributed by atoms with Crippen LogP contribution in [0.15, 0.2) is 18.2 Å². The van der Waals surface area contributed by atoms with E-state index < -0.39 is 4.92 Å². The smallest absolute Gasteiger partial charge is 0.288 e. The molecule has 1 aromatic carbocycles. The third-order valence-electron chi connectivity index (χ3n) is 2.54. The number of nitrogens with zero attached hydrogens (tertiary/aromatic N) is 2. The molecular weight excluding hydrogens is 272 g/mol. The summed E-state index contributed by atoms with van der Waals surface area (Å²) in [6, 6.07) is 3.93. The molecule has 0 heterocycles. The molecule has 7 heteroatoms. The van der Waals surface area contributed by atoms with Crippen LogP contribution in [0, 0.1) is 10.1 Å². The van der Waals surface area contributed by atoms with Crippen molar-refractivity contribution in [1.29, 1.82) is 0 Å². The SMILES string of the molecule is CCCN(CCO)C(=O)c1ccc(Cl)c([N+](=O)[O-])c1. The van der Waals surface area contributed by atoms with Crippen molar-refractivity contribution in [2.75, 3.05) is 19.7 Å². The first-order valence-corrected chi connectivity index (χ1v) is 6.23. The fourth-order valence-electron chi connectivity index (χ4n) is 1.67. The van der Waals surface area contributed by atoms with Crippen LogP contribution >= 0.6 is 11.6 Å². The third kappa shape index (κ3) is 3.90. The second kappa shape index (κ2) is 7.06. The second-order valence-corrected chi connectivity index (χ2v) is 4.35. The molecule has 1 rings (SSSR count). The van der Waals surface area contributed by atoms with Crippen molar-refractivity contribution in [2.45, 2.75) is 13.3 Å². The molecule has 1 aromatic rings. The van der Waals surface area contributed by atoms with Crippen LogP contribution in [-0.4, -0.2) is 40.5 Å². The highest BCUT2D eigenvalue weighted by molar-refractivity contribution is 6.32. The Morgan fingerprint density at radius 3 is 2.68 bits per heavy atom. The van der Waals surface area contributed by atoms with Gasteiger partial charge in [-0.2, -0.15) is 0 Å². The van der Waals surface area contributed by atoms with Crippen LogP contribution in [-0.2, 0) is 0 Å². The quantitative estimate of drug-likeness (QED) is 0.641. The lowest BCUT2D eigenvalue weighted by atomic mass is 10.1. The van der Waals surface area contributed by atoms with E-state index in [1.54, 1.807) is 0 Å². The van der Waals surface area contributed by atoms with E-state index in [-0.39, 0.29) is 35.3 Å². The molecule has 0 saturated heterocycles. The Labute approximate surface area is 115 Å². The zero-order valence-corrected chi connectivity index (χ0v) is 11.3. The monoisotopic (exact) mass is 286 g/mol. The van der Waals surface area contributed by atoms with Gasteiger partial charge >= 0.3 is 0 Å². The molecule has 0 aromatic heterocycles. The maximum Gasteiger partial charge on any atom is 0.288 e. The Morgan fingerprint density at radius 2 is 2.16 bits per heavy atom. The van der Waals surface area contributed by atoms with Crippen molar-refractivity contribution in [1.82, 2.24) is 4.90 Å². The fourth-order valence-corrected chi connectivity index (χ4v) is 1.86. The molecule has 104 valence electrons. The van der Waals surface area contributed by atoms with Crippen LogP contribution < -0.4 is 0 Å². The van der Waals surface area contributed by atoms with Gasteiger partial charge in [-0.25, -0.2) is 0 Å². The summed E-state index contributed by atoms with van der Waals surface area (Å²) in [4.78, 5) is 23.8. The maximum atomic E-state index is 12.2. The molecule has 0 saturated carbocycles. The molecule has 0 unspecified atom stereocenters. The second-order valence-electron chi connectivity index (χ2n) is 3.94. The third-order valence-corrected chi connectivity index (χ3v) is 2.86. The lowest BCUT2D eigenvalue weighted by Crippen LogP contribution is -2.34. The highest BCUT2D eigenvalue weighted by Gasteiger charge is 2.19. The number of nitro benzene ring substituents is 1. The molecule has 1 N–H and O–H groups in total. The molecule has 0 aliphatic heterocycles. The van der Waals surface area contributed by atoms with E-state index in [9.17, 15) is 14.9 Å². The lowest BCUT2D eigenvalue weighted by molar-refractivity contribution is -0.384. The summed E-state index contributed by atoms with van der Waals surface area (Å²) >= 11 is 5.69. The van der Waals surface area contributed by atoms with Crippen LogP contribution in [0.2, 0.25) is 5.02 Å². The van der Waals surface area contributed by atoms with Gasteiger partial charge in [0, 0.05) is 24.7 Å². The minimum atomic E-state index is -0.630. The van der Waals surface area contributed by atoms with Crippen molar-refractivity contribution in [3.05, 3.63) is 38.9 Å². The van der Waals surface area contributed by atoms with E-state index in [1.807, 2.05) is 6.92 Å². The van der Waals surface area contributed by atoms with E-state index in [1.165, 1.54) is 17.0 Å². The number of rotatable bonds is 6. The van der Waals surface area contributed by atoms with E-state index in [2.05, 4.69) is 0 Å². The first kappa shape index (κ1) is 15.4. The predicted molar refractivity (Wildman–Crippen MR) is 71.4 cm³/mol. The molecule has 6 nitrogen and oxygen atoms in total. The van der Waals surface area contributed by atoms with Crippen LogP contribution in [0.25, 0.3) is 0 Å². The highest BCUT2D eigenvalue weighted by Crippen LogP contribution is 2.25. The average Bonchev–Trinajstić information content (AvgIpc) is 2.38. The van der Waals surface area contributed by atoms with Gasteiger partial charge in [-0.1, -0.05) is 18.5 Å². The minimum Gasteiger partial charge on any atom is -0.395 e. The summed E-state index contributed by atoms with van der Waals surface area (Å²) in [5, 5.41) is 19.7. The summed E-state index contributed by atoms with van der Waals surface area (Å²) in [5.74, 6) is -0.351. The molecule has 0 aliphatic carbocycles. The predicted octanol–water partition coefficient (Wildman–Crippen LogP) is 2.09. The van der Waals surface area contributed by atoms with Crippen molar-refractivity contribution in [3.63, 3.8) is 0 Å².